The van der Waals surface area contributed by atoms with E-state index in [-0.39, 0.29) is 11.4 Å². The summed E-state index contributed by atoms with van der Waals surface area (Å²) in [5.41, 5.74) is 0. The molecule has 0 spiro atoms. The van der Waals surface area contributed by atoms with E-state index in [0.29, 0.717) is 19.1 Å². The number of rotatable bonds is 9. The van der Waals surface area contributed by atoms with Crippen molar-refractivity contribution in [2.45, 2.75) is 43.7 Å². The molecule has 21 heavy (non-hydrogen) atoms. The van der Waals surface area contributed by atoms with Crippen LogP contribution in [0.5, 0.6) is 0 Å². The van der Waals surface area contributed by atoms with Crippen LogP contribution in [-0.2, 0) is 16.6 Å². The third-order valence-electron chi connectivity index (χ3n) is 3.44. The fourth-order valence-corrected chi connectivity index (χ4v) is 3.37. The Hall–Kier alpha value is -1.36. The molecule has 2 rings (SSSR count). The molecule has 0 radical (unpaired) electrons. The lowest BCUT2D eigenvalue weighted by molar-refractivity contribution is 0.464. The number of nitrogens with zero attached hydrogens (tertiary/aromatic N) is 3. The first-order chi connectivity index (χ1) is 10.1. The van der Waals surface area contributed by atoms with Gasteiger partial charge in [0.25, 0.3) is 0 Å². The molecule has 1 N–H and O–H groups in total. The maximum Gasteiger partial charge on any atom is 0.247 e. The van der Waals surface area contributed by atoms with E-state index in [2.05, 4.69) is 16.3 Å². The molecular weight excluding hydrogens is 288 g/mol. The summed E-state index contributed by atoms with van der Waals surface area (Å²) in [4.78, 5) is 0.203. The molecule has 1 fully saturated rings. The molecule has 0 unspecified atom stereocenters. The van der Waals surface area contributed by atoms with Crippen LogP contribution in [0.15, 0.2) is 17.3 Å². The van der Waals surface area contributed by atoms with Gasteiger partial charge in [0.2, 0.25) is 10.0 Å². The van der Waals surface area contributed by atoms with Gasteiger partial charge in [0.05, 0.1) is 12.7 Å². The van der Waals surface area contributed by atoms with Gasteiger partial charge < -0.3 is 5.32 Å². The van der Waals surface area contributed by atoms with Crippen molar-refractivity contribution in [2.75, 3.05) is 19.6 Å². The van der Waals surface area contributed by atoms with E-state index in [1.807, 2.05) is 0 Å². The smallest absolute Gasteiger partial charge is 0.247 e. The molecule has 0 amide bonds. The van der Waals surface area contributed by atoms with Crippen molar-refractivity contribution in [1.29, 1.82) is 0 Å². The van der Waals surface area contributed by atoms with E-state index in [1.165, 1.54) is 23.3 Å². The highest BCUT2D eigenvalue weighted by Crippen LogP contribution is 2.18. The topological polar surface area (TPSA) is 67.2 Å². The molecule has 1 aliphatic rings. The predicted octanol–water partition coefficient (Wildman–Crippen LogP) is 0.669. The van der Waals surface area contributed by atoms with Crippen LogP contribution in [0.1, 0.15) is 26.2 Å². The molecule has 1 heterocycles. The number of sulfonamides is 1. The number of nitrogens with one attached hydrogen (secondary N) is 1. The molecule has 1 aliphatic carbocycles. The maximum atomic E-state index is 12.4. The highest BCUT2D eigenvalue weighted by atomic mass is 32.2. The lowest BCUT2D eigenvalue weighted by Crippen LogP contribution is -2.31. The third kappa shape index (κ3) is 4.30. The number of aromatic nitrogens is 2. The molecule has 1 aromatic rings. The lowest BCUT2D eigenvalue weighted by Gasteiger charge is -2.16. The monoisotopic (exact) mass is 310 g/mol. The van der Waals surface area contributed by atoms with Crippen molar-refractivity contribution in [1.82, 2.24) is 19.4 Å². The van der Waals surface area contributed by atoms with Crippen LogP contribution in [0.2, 0.25) is 0 Å². The fraction of sp³-hybridized carbons (Fsp3) is 0.643. The zero-order valence-electron chi connectivity index (χ0n) is 12.3. The van der Waals surface area contributed by atoms with Crippen molar-refractivity contribution in [3.05, 3.63) is 12.4 Å². The Labute approximate surface area is 126 Å². The number of hydrogen-bond acceptors (Lipinski definition) is 4. The molecule has 0 aliphatic heterocycles. The highest BCUT2D eigenvalue weighted by molar-refractivity contribution is 7.89. The molecule has 0 saturated heterocycles. The minimum Gasteiger partial charge on any atom is -0.314 e. The van der Waals surface area contributed by atoms with E-state index < -0.39 is 10.0 Å². The van der Waals surface area contributed by atoms with Crippen LogP contribution in [-0.4, -0.2) is 48.2 Å². The molecule has 1 saturated carbocycles. The Bertz CT molecular complexity index is 599. The van der Waals surface area contributed by atoms with Gasteiger partial charge in [0.1, 0.15) is 4.90 Å². The first-order valence-electron chi connectivity index (χ1n) is 7.27. The molecule has 116 valence electrons. The molecule has 0 aromatic carbocycles. The number of hydrogen-bond donors (Lipinski definition) is 1. The minimum absolute atomic E-state index is 0.0787. The molecule has 1 aromatic heterocycles. The van der Waals surface area contributed by atoms with Gasteiger partial charge in [-0.15, -0.1) is 6.42 Å². The molecule has 0 bridgehead atoms. The van der Waals surface area contributed by atoms with Gasteiger partial charge in [-0.3, -0.25) is 4.68 Å². The fourth-order valence-electron chi connectivity index (χ4n) is 2.05. The maximum absolute atomic E-state index is 12.4. The van der Waals surface area contributed by atoms with Crippen LogP contribution < -0.4 is 5.32 Å². The van der Waals surface area contributed by atoms with Crippen molar-refractivity contribution in [2.24, 2.45) is 0 Å². The average Bonchev–Trinajstić information content (AvgIpc) is 3.16. The zero-order chi connectivity index (χ0) is 15.3. The first-order valence-corrected chi connectivity index (χ1v) is 8.71. The number of terminal acetylenes is 1. The second-order valence-corrected chi connectivity index (χ2v) is 7.09. The van der Waals surface area contributed by atoms with Crippen molar-refractivity contribution in [3.63, 3.8) is 0 Å². The largest absolute Gasteiger partial charge is 0.314 e. The summed E-state index contributed by atoms with van der Waals surface area (Å²) in [5, 5.41) is 7.54. The standard InChI is InChI=1S/C14H22N4O2S/c1-3-9-18(4-2)21(19,20)14-11-16-17(12-14)10-5-8-15-13-6-7-13/h1,11-13,15H,4-10H2,2H3. The van der Waals surface area contributed by atoms with Crippen LogP contribution in [0.25, 0.3) is 0 Å². The summed E-state index contributed by atoms with van der Waals surface area (Å²) in [6.45, 7) is 3.84. The van der Waals surface area contributed by atoms with E-state index in [4.69, 9.17) is 6.42 Å². The predicted molar refractivity (Wildman–Crippen MR) is 81.1 cm³/mol. The normalized spacial score (nSPS) is 15.3. The SMILES string of the molecule is C#CCN(CC)S(=O)(=O)c1cnn(CCCNC2CC2)c1. The summed E-state index contributed by atoms with van der Waals surface area (Å²) in [6.07, 6.45) is 11.6. The van der Waals surface area contributed by atoms with Crippen LogP contribution in [0.3, 0.4) is 0 Å². The summed E-state index contributed by atoms with van der Waals surface area (Å²) < 4.78 is 27.7. The molecular formula is C14H22N4O2S. The zero-order valence-corrected chi connectivity index (χ0v) is 13.1. The van der Waals surface area contributed by atoms with Crippen LogP contribution in [0, 0.1) is 12.3 Å². The summed E-state index contributed by atoms with van der Waals surface area (Å²) in [7, 11) is -3.53. The number of aryl methyl sites for hydroxylation is 1. The third-order valence-corrected chi connectivity index (χ3v) is 5.32. The second kappa shape index (κ2) is 7.07. The van der Waals surface area contributed by atoms with Gasteiger partial charge in [0, 0.05) is 25.3 Å². The van der Waals surface area contributed by atoms with Crippen molar-refractivity contribution in [3.8, 4) is 12.3 Å². The van der Waals surface area contributed by atoms with Gasteiger partial charge in [-0.2, -0.15) is 9.40 Å². The minimum atomic E-state index is -3.53. The van der Waals surface area contributed by atoms with Crippen LogP contribution >= 0.6 is 0 Å². The van der Waals surface area contributed by atoms with Crippen molar-refractivity contribution < 1.29 is 8.42 Å². The van der Waals surface area contributed by atoms with Gasteiger partial charge in [-0.25, -0.2) is 8.42 Å². The first kappa shape index (κ1) is 16.0. The molecule has 0 atom stereocenters. The Morgan fingerprint density at radius 2 is 2.33 bits per heavy atom. The van der Waals surface area contributed by atoms with Gasteiger partial charge in [-0.1, -0.05) is 12.8 Å². The Kier molecular flexibility index (Phi) is 5.39. The quantitative estimate of drug-likeness (QED) is 0.538. The summed E-state index contributed by atoms with van der Waals surface area (Å²) in [5.74, 6) is 2.37. The average molecular weight is 310 g/mol. The summed E-state index contributed by atoms with van der Waals surface area (Å²) >= 11 is 0. The second-order valence-electron chi connectivity index (χ2n) is 5.16. The Morgan fingerprint density at radius 1 is 1.57 bits per heavy atom. The molecule has 6 nitrogen and oxygen atoms in total. The van der Waals surface area contributed by atoms with Gasteiger partial charge in [-0.05, 0) is 25.8 Å². The molecule has 7 heteroatoms. The van der Waals surface area contributed by atoms with Gasteiger partial charge in [0.15, 0.2) is 0 Å². The van der Waals surface area contributed by atoms with Crippen molar-refractivity contribution >= 4 is 10.0 Å². The summed E-state index contributed by atoms with van der Waals surface area (Å²) in [6, 6.07) is 0.695. The van der Waals surface area contributed by atoms with E-state index in [0.717, 1.165) is 13.0 Å². The van der Waals surface area contributed by atoms with E-state index >= 15 is 0 Å². The Morgan fingerprint density at radius 3 is 2.95 bits per heavy atom. The van der Waals surface area contributed by atoms with E-state index in [9.17, 15) is 8.42 Å². The van der Waals surface area contributed by atoms with Crippen LogP contribution in [0.4, 0.5) is 0 Å². The highest BCUT2D eigenvalue weighted by Gasteiger charge is 2.24. The van der Waals surface area contributed by atoms with Gasteiger partial charge >= 0.3 is 0 Å². The Balaban J connectivity index is 1.92. The van der Waals surface area contributed by atoms with E-state index in [1.54, 1.807) is 17.8 Å². The lowest BCUT2D eigenvalue weighted by atomic mass is 10.4.